The number of hydrazone groups is 1. The van der Waals surface area contributed by atoms with Crippen molar-refractivity contribution in [2.45, 2.75) is 12.7 Å². The van der Waals surface area contributed by atoms with Crippen molar-refractivity contribution in [3.05, 3.63) is 34.9 Å². The van der Waals surface area contributed by atoms with Crippen LogP contribution in [-0.2, 0) is 11.3 Å². The Kier molecular flexibility index (Phi) is 4.32. The summed E-state index contributed by atoms with van der Waals surface area (Å²) < 4.78 is 38.3. The van der Waals surface area contributed by atoms with Gasteiger partial charge >= 0.3 is 6.18 Å². The number of amides is 1. The van der Waals surface area contributed by atoms with Crippen LogP contribution >= 0.6 is 11.6 Å². The van der Waals surface area contributed by atoms with Gasteiger partial charge in [-0.05, 0) is 17.7 Å². The van der Waals surface area contributed by atoms with Crippen molar-refractivity contribution in [1.82, 2.24) is 5.01 Å². The fourth-order valence-electron chi connectivity index (χ4n) is 1.81. The van der Waals surface area contributed by atoms with E-state index >= 15 is 0 Å². The van der Waals surface area contributed by atoms with Crippen LogP contribution in [0.2, 0.25) is 5.02 Å². The smallest absolute Gasteiger partial charge is 0.292 e. The highest BCUT2D eigenvalue weighted by Crippen LogP contribution is 2.27. The standard InChI is InChI=1S/C13H11ClF3N3O/c1-20-12(21)10(11(19-20)13(15,16)17)7-18-6-8-2-4-9(14)5-3-8/h2-5,7,10H,6H2,1H3/t10-/m1/s1. The van der Waals surface area contributed by atoms with Gasteiger partial charge in [0.1, 0.15) is 5.92 Å². The molecule has 0 bridgehead atoms. The van der Waals surface area contributed by atoms with Crippen molar-refractivity contribution in [2.75, 3.05) is 7.05 Å². The minimum absolute atomic E-state index is 0.163. The molecule has 1 aromatic rings. The van der Waals surface area contributed by atoms with Gasteiger partial charge < -0.3 is 0 Å². The number of hydrogen-bond acceptors (Lipinski definition) is 3. The van der Waals surface area contributed by atoms with E-state index < -0.39 is 23.7 Å². The molecule has 21 heavy (non-hydrogen) atoms. The molecule has 0 spiro atoms. The van der Waals surface area contributed by atoms with Crippen molar-refractivity contribution >= 4 is 29.4 Å². The van der Waals surface area contributed by atoms with E-state index in [1.54, 1.807) is 24.3 Å². The molecule has 4 nitrogen and oxygen atoms in total. The van der Waals surface area contributed by atoms with Crippen molar-refractivity contribution < 1.29 is 18.0 Å². The number of carbonyl (C=O) groups excluding carboxylic acids is 1. The van der Waals surface area contributed by atoms with E-state index in [1.807, 2.05) is 0 Å². The summed E-state index contributed by atoms with van der Waals surface area (Å²) in [7, 11) is 1.18. The van der Waals surface area contributed by atoms with Crippen molar-refractivity contribution in [3.63, 3.8) is 0 Å². The second-order valence-electron chi connectivity index (χ2n) is 4.44. The fourth-order valence-corrected chi connectivity index (χ4v) is 1.94. The fraction of sp³-hybridized carbons (Fsp3) is 0.308. The van der Waals surface area contributed by atoms with E-state index in [2.05, 4.69) is 10.1 Å². The number of nitrogens with zero attached hydrogens (tertiary/aromatic N) is 3. The third-order valence-electron chi connectivity index (χ3n) is 2.87. The molecule has 0 aromatic heterocycles. The average molecular weight is 318 g/mol. The zero-order valence-corrected chi connectivity index (χ0v) is 11.7. The highest BCUT2D eigenvalue weighted by Gasteiger charge is 2.48. The molecule has 1 aliphatic rings. The molecule has 0 saturated carbocycles. The number of carbonyl (C=O) groups is 1. The van der Waals surface area contributed by atoms with Gasteiger partial charge in [0.05, 0.1) is 6.54 Å². The summed E-state index contributed by atoms with van der Waals surface area (Å²) in [6.45, 7) is 0.163. The lowest BCUT2D eigenvalue weighted by Gasteiger charge is -2.08. The Bertz CT molecular complexity index is 596. The molecule has 1 aromatic carbocycles. The summed E-state index contributed by atoms with van der Waals surface area (Å²) >= 11 is 5.72. The third kappa shape index (κ3) is 3.60. The maximum Gasteiger partial charge on any atom is 0.432 e. The van der Waals surface area contributed by atoms with Crippen molar-refractivity contribution in [2.24, 2.45) is 16.0 Å². The van der Waals surface area contributed by atoms with E-state index in [1.165, 1.54) is 7.05 Å². The predicted molar refractivity (Wildman–Crippen MR) is 73.4 cm³/mol. The Morgan fingerprint density at radius 1 is 1.38 bits per heavy atom. The summed E-state index contributed by atoms with van der Waals surface area (Å²) in [4.78, 5) is 15.6. The van der Waals surface area contributed by atoms with E-state index in [0.717, 1.165) is 11.8 Å². The molecule has 0 radical (unpaired) electrons. The Hall–Kier alpha value is -1.89. The first-order chi connectivity index (χ1) is 9.79. The second kappa shape index (κ2) is 5.85. The topological polar surface area (TPSA) is 45.0 Å². The first-order valence-electron chi connectivity index (χ1n) is 5.96. The molecule has 1 heterocycles. The number of alkyl halides is 3. The maximum atomic E-state index is 12.8. The van der Waals surface area contributed by atoms with Crippen LogP contribution in [-0.4, -0.2) is 36.1 Å². The Labute approximate surface area is 123 Å². The monoisotopic (exact) mass is 317 g/mol. The van der Waals surface area contributed by atoms with Gasteiger partial charge in [0.25, 0.3) is 5.91 Å². The molecule has 0 fully saturated rings. The van der Waals surface area contributed by atoms with Gasteiger partial charge in [-0.3, -0.25) is 9.79 Å². The van der Waals surface area contributed by atoms with Gasteiger partial charge in [-0.1, -0.05) is 23.7 Å². The molecule has 1 aliphatic heterocycles. The van der Waals surface area contributed by atoms with E-state index in [4.69, 9.17) is 11.6 Å². The quantitative estimate of drug-likeness (QED) is 0.791. The molecule has 1 amide bonds. The number of benzene rings is 1. The van der Waals surface area contributed by atoms with Gasteiger partial charge in [-0.2, -0.15) is 18.3 Å². The molecule has 0 N–H and O–H groups in total. The number of hydrogen-bond donors (Lipinski definition) is 0. The second-order valence-corrected chi connectivity index (χ2v) is 4.88. The van der Waals surface area contributed by atoms with Crippen molar-refractivity contribution in [1.29, 1.82) is 0 Å². The SMILES string of the molecule is CN1N=C(C(F)(F)F)[C@@H](C=NCc2ccc(Cl)cc2)C1=O. The molecule has 1 atom stereocenters. The van der Waals surface area contributed by atoms with Crippen LogP contribution in [0.3, 0.4) is 0 Å². The molecule has 0 aliphatic carbocycles. The van der Waals surface area contributed by atoms with Crippen LogP contribution in [0.4, 0.5) is 13.2 Å². The molecule has 0 saturated heterocycles. The summed E-state index contributed by atoms with van der Waals surface area (Å²) in [5, 5.41) is 4.47. The average Bonchev–Trinajstić information content (AvgIpc) is 2.69. The Morgan fingerprint density at radius 2 is 2.00 bits per heavy atom. The molecule has 0 unspecified atom stereocenters. The van der Waals surface area contributed by atoms with E-state index in [0.29, 0.717) is 10.0 Å². The summed E-state index contributed by atoms with van der Waals surface area (Å²) in [5.41, 5.74) is -0.366. The van der Waals surface area contributed by atoms with Gasteiger partial charge in [-0.15, -0.1) is 0 Å². The lowest BCUT2D eigenvalue weighted by Crippen LogP contribution is -2.33. The van der Waals surface area contributed by atoms with Crippen LogP contribution in [0.15, 0.2) is 34.4 Å². The lowest BCUT2D eigenvalue weighted by molar-refractivity contribution is -0.129. The lowest BCUT2D eigenvalue weighted by atomic mass is 10.0. The van der Waals surface area contributed by atoms with Crippen LogP contribution in [0.5, 0.6) is 0 Å². The Morgan fingerprint density at radius 3 is 2.57 bits per heavy atom. The normalized spacial score (nSPS) is 19.5. The molecular formula is C13H11ClF3N3O. The third-order valence-corrected chi connectivity index (χ3v) is 3.12. The minimum atomic E-state index is -4.66. The molecular weight excluding hydrogens is 307 g/mol. The first-order valence-corrected chi connectivity index (χ1v) is 6.34. The summed E-state index contributed by atoms with van der Waals surface area (Å²) in [5.74, 6) is -2.23. The van der Waals surface area contributed by atoms with Crippen LogP contribution in [0.25, 0.3) is 0 Å². The van der Waals surface area contributed by atoms with Gasteiger partial charge in [0.2, 0.25) is 0 Å². The maximum absolute atomic E-state index is 12.8. The summed E-state index contributed by atoms with van der Waals surface area (Å²) in [6, 6.07) is 6.73. The van der Waals surface area contributed by atoms with E-state index in [9.17, 15) is 18.0 Å². The highest BCUT2D eigenvalue weighted by molar-refractivity contribution is 6.30. The minimum Gasteiger partial charge on any atom is -0.292 e. The summed E-state index contributed by atoms with van der Waals surface area (Å²) in [6.07, 6.45) is -3.66. The molecule has 8 heteroatoms. The van der Waals surface area contributed by atoms with Crippen LogP contribution < -0.4 is 0 Å². The molecule has 2 rings (SSSR count). The largest absolute Gasteiger partial charge is 0.432 e. The van der Waals surface area contributed by atoms with Crippen LogP contribution in [0, 0.1) is 5.92 Å². The molecule has 112 valence electrons. The Balaban J connectivity index is 2.10. The van der Waals surface area contributed by atoms with E-state index in [-0.39, 0.29) is 6.54 Å². The number of halogens is 4. The predicted octanol–water partition coefficient (Wildman–Crippen LogP) is 2.92. The first kappa shape index (κ1) is 15.5. The van der Waals surface area contributed by atoms with Crippen molar-refractivity contribution in [3.8, 4) is 0 Å². The zero-order valence-electron chi connectivity index (χ0n) is 10.9. The zero-order chi connectivity index (χ0) is 15.6. The van der Waals surface area contributed by atoms with Gasteiger partial charge in [0, 0.05) is 18.3 Å². The highest BCUT2D eigenvalue weighted by atomic mass is 35.5. The van der Waals surface area contributed by atoms with Crippen LogP contribution in [0.1, 0.15) is 5.56 Å². The number of rotatable bonds is 3. The van der Waals surface area contributed by atoms with Gasteiger partial charge in [0.15, 0.2) is 5.71 Å². The van der Waals surface area contributed by atoms with Gasteiger partial charge in [-0.25, -0.2) is 5.01 Å². The number of aliphatic imine (C=N–C) groups is 1.